The fourth-order valence-corrected chi connectivity index (χ4v) is 5.27. The zero-order chi connectivity index (χ0) is 19.8. The summed E-state index contributed by atoms with van der Waals surface area (Å²) in [6.45, 7) is 3.45. The van der Waals surface area contributed by atoms with Gasteiger partial charge in [-0.1, -0.05) is 0 Å². The molecule has 2 amide bonds. The molecule has 1 aromatic rings. The topological polar surface area (TPSA) is 72.9 Å². The van der Waals surface area contributed by atoms with Gasteiger partial charge in [-0.05, 0) is 75.8 Å². The molecule has 2 unspecified atom stereocenters. The maximum absolute atomic E-state index is 13.4. The van der Waals surface area contributed by atoms with Crippen molar-refractivity contribution in [2.75, 3.05) is 13.1 Å². The van der Waals surface area contributed by atoms with Gasteiger partial charge >= 0.3 is 6.09 Å². The van der Waals surface area contributed by atoms with Crippen LogP contribution in [-0.2, 0) is 0 Å². The van der Waals surface area contributed by atoms with Gasteiger partial charge in [-0.3, -0.25) is 9.69 Å². The summed E-state index contributed by atoms with van der Waals surface area (Å²) in [6.07, 6.45) is 4.87. The lowest BCUT2D eigenvalue weighted by Gasteiger charge is -2.45. The van der Waals surface area contributed by atoms with E-state index in [0.29, 0.717) is 17.2 Å². The number of rotatable bonds is 3. The number of aryl methyl sites for hydroxylation is 1. The molecule has 3 atom stereocenters. The van der Waals surface area contributed by atoms with Crippen LogP contribution in [0.4, 0.5) is 9.18 Å². The summed E-state index contributed by atoms with van der Waals surface area (Å²) in [5.74, 6) is -0.460. The van der Waals surface area contributed by atoms with Crippen molar-refractivity contribution >= 4 is 12.0 Å². The number of carboxylic acid groups (broad SMARTS) is 1. The van der Waals surface area contributed by atoms with Crippen molar-refractivity contribution in [1.82, 2.24) is 15.1 Å². The number of piperidine rings is 2. The molecule has 1 aromatic carbocycles. The second kappa shape index (κ2) is 7.70. The van der Waals surface area contributed by atoms with Crippen LogP contribution in [0.1, 0.15) is 54.4 Å². The van der Waals surface area contributed by atoms with Gasteiger partial charge in [0.1, 0.15) is 5.82 Å². The van der Waals surface area contributed by atoms with E-state index in [1.807, 2.05) is 0 Å². The average Bonchev–Trinajstić information content (AvgIpc) is 2.94. The number of amides is 2. The first-order chi connectivity index (χ1) is 13.4. The quantitative estimate of drug-likeness (QED) is 0.834. The zero-order valence-electron chi connectivity index (χ0n) is 16.2. The van der Waals surface area contributed by atoms with Gasteiger partial charge in [0.05, 0.1) is 0 Å². The molecule has 3 aliphatic rings. The fraction of sp³-hybridized carbons (Fsp3) is 0.619. The number of hydrogen-bond acceptors (Lipinski definition) is 3. The Bertz CT molecular complexity index is 757. The maximum atomic E-state index is 13.4. The first-order valence-electron chi connectivity index (χ1n) is 10.2. The normalized spacial score (nSPS) is 30.3. The molecule has 4 rings (SSSR count). The van der Waals surface area contributed by atoms with Crippen LogP contribution in [0, 0.1) is 12.7 Å². The van der Waals surface area contributed by atoms with Gasteiger partial charge in [-0.15, -0.1) is 0 Å². The van der Waals surface area contributed by atoms with Gasteiger partial charge in [-0.2, -0.15) is 0 Å². The highest BCUT2D eigenvalue weighted by molar-refractivity contribution is 5.94. The minimum Gasteiger partial charge on any atom is -0.465 e. The lowest BCUT2D eigenvalue weighted by atomic mass is 9.93. The molecule has 7 heteroatoms. The molecule has 152 valence electrons. The summed E-state index contributed by atoms with van der Waals surface area (Å²) in [5, 5.41) is 12.6. The van der Waals surface area contributed by atoms with E-state index in [1.54, 1.807) is 17.9 Å². The molecule has 3 fully saturated rings. The van der Waals surface area contributed by atoms with E-state index >= 15 is 0 Å². The minimum absolute atomic E-state index is 0.0711. The van der Waals surface area contributed by atoms with Crippen molar-refractivity contribution in [3.63, 3.8) is 0 Å². The molecule has 2 bridgehead atoms. The van der Waals surface area contributed by atoms with Crippen molar-refractivity contribution in [2.45, 2.75) is 69.6 Å². The van der Waals surface area contributed by atoms with Crippen molar-refractivity contribution in [3.8, 4) is 0 Å². The summed E-state index contributed by atoms with van der Waals surface area (Å²) in [7, 11) is 0. The first kappa shape index (κ1) is 19.2. The summed E-state index contributed by atoms with van der Waals surface area (Å²) in [4.78, 5) is 28.2. The predicted octanol–water partition coefficient (Wildman–Crippen LogP) is 3.00. The lowest BCUT2D eigenvalue weighted by Crippen LogP contribution is -2.56. The predicted molar refractivity (Wildman–Crippen MR) is 103 cm³/mol. The summed E-state index contributed by atoms with van der Waals surface area (Å²) in [6, 6.07) is 5.19. The van der Waals surface area contributed by atoms with Crippen LogP contribution in [0.25, 0.3) is 0 Å². The molecule has 0 spiro atoms. The Kier molecular flexibility index (Phi) is 5.27. The highest BCUT2D eigenvalue weighted by Gasteiger charge is 2.45. The molecule has 6 nitrogen and oxygen atoms in total. The van der Waals surface area contributed by atoms with E-state index < -0.39 is 6.09 Å². The molecule has 0 aromatic heterocycles. The van der Waals surface area contributed by atoms with Crippen LogP contribution >= 0.6 is 0 Å². The lowest BCUT2D eigenvalue weighted by molar-refractivity contribution is 0.0419. The molecule has 3 aliphatic heterocycles. The Labute approximate surface area is 164 Å². The van der Waals surface area contributed by atoms with Crippen LogP contribution < -0.4 is 5.32 Å². The third-order valence-corrected chi connectivity index (χ3v) is 6.65. The smallest absolute Gasteiger partial charge is 0.407 e. The van der Waals surface area contributed by atoms with Gasteiger partial charge in [0.15, 0.2) is 0 Å². The van der Waals surface area contributed by atoms with Crippen LogP contribution in [0.15, 0.2) is 18.2 Å². The monoisotopic (exact) mass is 389 g/mol. The summed E-state index contributed by atoms with van der Waals surface area (Å²) < 4.78 is 13.4. The largest absolute Gasteiger partial charge is 0.465 e. The second-order valence-electron chi connectivity index (χ2n) is 8.47. The van der Waals surface area contributed by atoms with E-state index in [2.05, 4.69) is 10.2 Å². The SMILES string of the molecule is Cc1cc(C(=O)N[C@@H]2CCCN(C3CC4CCC(C3)N4C(=O)O)C2)ccc1F. The molecule has 3 heterocycles. The Hall–Kier alpha value is -2.15. The summed E-state index contributed by atoms with van der Waals surface area (Å²) in [5.41, 5.74) is 0.961. The van der Waals surface area contributed by atoms with Gasteiger partial charge in [0.25, 0.3) is 5.91 Å². The number of nitrogens with zero attached hydrogens (tertiary/aromatic N) is 2. The van der Waals surface area contributed by atoms with E-state index in [4.69, 9.17) is 0 Å². The average molecular weight is 389 g/mol. The van der Waals surface area contributed by atoms with E-state index in [1.165, 1.54) is 12.1 Å². The second-order valence-corrected chi connectivity index (χ2v) is 8.47. The number of benzene rings is 1. The highest BCUT2D eigenvalue weighted by atomic mass is 19.1. The molecule has 0 radical (unpaired) electrons. The van der Waals surface area contributed by atoms with Crippen molar-refractivity contribution in [1.29, 1.82) is 0 Å². The third kappa shape index (κ3) is 3.72. The minimum atomic E-state index is -0.788. The molecular formula is C21H28FN3O3. The van der Waals surface area contributed by atoms with E-state index in [9.17, 15) is 19.1 Å². The van der Waals surface area contributed by atoms with Crippen LogP contribution in [-0.4, -0.2) is 64.2 Å². The van der Waals surface area contributed by atoms with Crippen LogP contribution in [0.5, 0.6) is 0 Å². The van der Waals surface area contributed by atoms with Gasteiger partial charge in [0.2, 0.25) is 0 Å². The number of carbonyl (C=O) groups excluding carboxylic acids is 1. The number of carbonyl (C=O) groups is 2. The van der Waals surface area contributed by atoms with Gasteiger partial charge in [-0.25, -0.2) is 9.18 Å². The van der Waals surface area contributed by atoms with Crippen molar-refractivity contribution < 1.29 is 19.1 Å². The Morgan fingerprint density at radius 1 is 1.14 bits per heavy atom. The Balaban J connectivity index is 1.36. The number of halogens is 1. The molecular weight excluding hydrogens is 361 g/mol. The Morgan fingerprint density at radius 3 is 2.50 bits per heavy atom. The highest BCUT2D eigenvalue weighted by Crippen LogP contribution is 2.38. The fourth-order valence-electron chi connectivity index (χ4n) is 5.27. The number of nitrogens with one attached hydrogen (secondary N) is 1. The van der Waals surface area contributed by atoms with Gasteiger partial charge in [0, 0.05) is 36.3 Å². The van der Waals surface area contributed by atoms with Crippen LogP contribution in [0.2, 0.25) is 0 Å². The van der Waals surface area contributed by atoms with Crippen molar-refractivity contribution in [2.24, 2.45) is 0 Å². The zero-order valence-corrected chi connectivity index (χ0v) is 16.2. The molecule has 0 aliphatic carbocycles. The van der Waals surface area contributed by atoms with Gasteiger partial charge < -0.3 is 15.3 Å². The maximum Gasteiger partial charge on any atom is 0.407 e. The number of likely N-dealkylation sites (tertiary alicyclic amines) is 1. The first-order valence-corrected chi connectivity index (χ1v) is 10.2. The number of fused-ring (bicyclic) bond motifs is 2. The van der Waals surface area contributed by atoms with E-state index in [0.717, 1.165) is 51.6 Å². The molecule has 28 heavy (non-hydrogen) atoms. The standard InChI is InChI=1S/C21H28FN3O3/c1-13-9-14(4-7-19(13)22)20(26)23-15-3-2-8-24(12-15)18-10-16-5-6-17(11-18)25(16)21(27)28/h4,7,9,15-18H,2-3,5-6,8,10-12H2,1H3,(H,23,26)(H,27,28)/t15-,16?,17?,18?/m1/s1. The van der Waals surface area contributed by atoms with Crippen molar-refractivity contribution in [3.05, 3.63) is 35.1 Å². The molecule has 2 N–H and O–H groups in total. The van der Waals surface area contributed by atoms with Crippen LogP contribution in [0.3, 0.4) is 0 Å². The van der Waals surface area contributed by atoms with E-state index in [-0.39, 0.29) is 29.8 Å². The molecule has 0 saturated carbocycles. The molecule has 3 saturated heterocycles. The third-order valence-electron chi connectivity index (χ3n) is 6.65. The number of hydrogen-bond donors (Lipinski definition) is 2. The Morgan fingerprint density at radius 2 is 1.86 bits per heavy atom. The summed E-state index contributed by atoms with van der Waals surface area (Å²) >= 11 is 0.